The van der Waals surface area contributed by atoms with Gasteiger partial charge in [0.15, 0.2) is 5.96 Å². The highest BCUT2D eigenvalue weighted by atomic mass is 16.6. The van der Waals surface area contributed by atoms with Gasteiger partial charge in [-0.05, 0) is 41.2 Å². The van der Waals surface area contributed by atoms with Crippen LogP contribution in [0.15, 0.2) is 4.99 Å². The normalized spacial score (nSPS) is 12.4. The molecule has 0 saturated heterocycles. The summed E-state index contributed by atoms with van der Waals surface area (Å²) < 4.78 is 10.3. The maximum atomic E-state index is 11.7. The van der Waals surface area contributed by atoms with Crippen LogP contribution in [0.25, 0.3) is 0 Å². The topological polar surface area (TPSA) is 75.2 Å². The van der Waals surface area contributed by atoms with E-state index in [2.05, 4.69) is 27.6 Å². The number of hydrogen-bond donors (Lipinski definition) is 2. The molecule has 0 aromatic carbocycles. The van der Waals surface area contributed by atoms with E-state index in [1.165, 1.54) is 0 Å². The summed E-state index contributed by atoms with van der Waals surface area (Å²) in [5.74, 6) is 0.301. The Bertz CT molecular complexity index is 354. The summed E-state index contributed by atoms with van der Waals surface area (Å²) in [5, 5.41) is 6.34. The van der Waals surface area contributed by atoms with Gasteiger partial charge >= 0.3 is 5.97 Å². The van der Waals surface area contributed by atoms with E-state index in [0.717, 1.165) is 39.2 Å². The lowest BCUT2D eigenvalue weighted by molar-refractivity contribution is -0.152. The van der Waals surface area contributed by atoms with Gasteiger partial charge in [0.1, 0.15) is 12.1 Å². The predicted octanol–water partition coefficient (Wildman–Crippen LogP) is 0.852. The van der Waals surface area contributed by atoms with E-state index < -0.39 is 5.60 Å². The Hall–Kier alpha value is -1.34. The predicted molar refractivity (Wildman–Crippen MR) is 93.8 cm³/mol. The third-order valence-electron chi connectivity index (χ3n) is 2.80. The second kappa shape index (κ2) is 12.1. The van der Waals surface area contributed by atoms with Crippen molar-refractivity contribution in [1.29, 1.82) is 0 Å². The van der Waals surface area contributed by atoms with Crippen molar-refractivity contribution < 1.29 is 14.3 Å². The van der Waals surface area contributed by atoms with Gasteiger partial charge in [0.25, 0.3) is 0 Å². The Morgan fingerprint density at radius 2 is 1.91 bits per heavy atom. The van der Waals surface area contributed by atoms with Gasteiger partial charge in [0.2, 0.25) is 0 Å². The van der Waals surface area contributed by atoms with Crippen molar-refractivity contribution in [3.8, 4) is 0 Å². The fourth-order valence-electron chi connectivity index (χ4n) is 1.81. The van der Waals surface area contributed by atoms with Crippen LogP contribution in [-0.2, 0) is 14.3 Å². The highest BCUT2D eigenvalue weighted by Gasteiger charge is 2.15. The van der Waals surface area contributed by atoms with Crippen LogP contribution < -0.4 is 10.6 Å². The first kappa shape index (κ1) is 21.7. The molecule has 0 radical (unpaired) electrons. The van der Waals surface area contributed by atoms with Crippen LogP contribution in [0.1, 0.15) is 34.1 Å². The molecule has 136 valence electrons. The van der Waals surface area contributed by atoms with E-state index in [-0.39, 0.29) is 12.5 Å². The highest BCUT2D eigenvalue weighted by molar-refractivity contribution is 5.83. The van der Waals surface area contributed by atoms with Crippen LogP contribution in [-0.4, -0.2) is 75.9 Å². The van der Waals surface area contributed by atoms with Crippen molar-refractivity contribution >= 4 is 11.9 Å². The molecule has 0 unspecified atom stereocenters. The average Bonchev–Trinajstić information content (AvgIpc) is 2.43. The lowest BCUT2D eigenvalue weighted by Gasteiger charge is -2.19. The molecule has 2 N–H and O–H groups in total. The van der Waals surface area contributed by atoms with Crippen molar-refractivity contribution in [3.05, 3.63) is 0 Å². The third kappa shape index (κ3) is 14.0. The van der Waals surface area contributed by atoms with Crippen LogP contribution in [0.4, 0.5) is 0 Å². The Kier molecular flexibility index (Phi) is 11.4. The summed E-state index contributed by atoms with van der Waals surface area (Å²) in [5.41, 5.74) is -0.483. The van der Waals surface area contributed by atoms with E-state index in [1.807, 2.05) is 27.7 Å². The summed E-state index contributed by atoms with van der Waals surface area (Å²) in [4.78, 5) is 18.2. The largest absolute Gasteiger partial charge is 0.459 e. The van der Waals surface area contributed by atoms with Crippen LogP contribution >= 0.6 is 0 Å². The van der Waals surface area contributed by atoms with Gasteiger partial charge in [-0.25, -0.2) is 4.99 Å². The Morgan fingerprint density at radius 1 is 1.22 bits per heavy atom. The number of nitrogens with zero attached hydrogens (tertiary/aromatic N) is 2. The summed E-state index contributed by atoms with van der Waals surface area (Å²) >= 11 is 0. The molecule has 0 aliphatic carbocycles. The molecule has 0 saturated carbocycles. The third-order valence-corrected chi connectivity index (χ3v) is 2.80. The molecule has 7 nitrogen and oxygen atoms in total. The number of aliphatic imine (C=N–C) groups is 1. The number of esters is 1. The van der Waals surface area contributed by atoms with Crippen LogP contribution in [0, 0.1) is 0 Å². The van der Waals surface area contributed by atoms with Crippen LogP contribution in [0.2, 0.25) is 0 Å². The number of ether oxygens (including phenoxy) is 2. The smallest absolute Gasteiger partial charge is 0.328 e. The van der Waals surface area contributed by atoms with E-state index in [1.54, 1.807) is 7.11 Å². The number of carbonyl (C=O) groups excluding carboxylic acids is 1. The van der Waals surface area contributed by atoms with E-state index in [9.17, 15) is 4.79 Å². The molecule has 0 atom stereocenters. The Labute approximate surface area is 140 Å². The summed E-state index contributed by atoms with van der Waals surface area (Å²) in [6.07, 6.45) is 1.01. The molecule has 0 heterocycles. The SMILES string of the molecule is CCNC(=NCC(=O)OC(C)(C)C)NCCN(C)CCCOC. The molecular weight excluding hydrogens is 296 g/mol. The molecule has 7 heteroatoms. The zero-order valence-corrected chi connectivity index (χ0v) is 15.6. The minimum atomic E-state index is -0.483. The fraction of sp³-hybridized carbons (Fsp3) is 0.875. The fourth-order valence-corrected chi connectivity index (χ4v) is 1.81. The maximum absolute atomic E-state index is 11.7. The molecule has 0 aromatic heterocycles. The van der Waals surface area contributed by atoms with Crippen molar-refractivity contribution in [2.24, 2.45) is 4.99 Å². The minimum Gasteiger partial charge on any atom is -0.459 e. The quantitative estimate of drug-likeness (QED) is 0.268. The highest BCUT2D eigenvalue weighted by Crippen LogP contribution is 2.06. The summed E-state index contributed by atoms with van der Waals surface area (Å²) in [6.45, 7) is 11.7. The molecular formula is C16H34N4O3. The van der Waals surface area contributed by atoms with E-state index >= 15 is 0 Å². The molecule has 0 aromatic rings. The Morgan fingerprint density at radius 3 is 2.48 bits per heavy atom. The van der Waals surface area contributed by atoms with Crippen molar-refractivity contribution in [2.75, 3.05) is 53.5 Å². The number of methoxy groups -OCH3 is 1. The molecule has 0 bridgehead atoms. The maximum Gasteiger partial charge on any atom is 0.328 e. The van der Waals surface area contributed by atoms with Gasteiger partial charge in [-0.15, -0.1) is 0 Å². The summed E-state index contributed by atoms with van der Waals surface area (Å²) in [7, 11) is 3.79. The number of carbonyl (C=O) groups is 1. The van der Waals surface area contributed by atoms with Gasteiger partial charge < -0.3 is 25.0 Å². The van der Waals surface area contributed by atoms with Crippen molar-refractivity contribution in [3.63, 3.8) is 0 Å². The van der Waals surface area contributed by atoms with Gasteiger partial charge in [0.05, 0.1) is 0 Å². The Balaban J connectivity index is 4.14. The number of nitrogens with one attached hydrogen (secondary N) is 2. The average molecular weight is 330 g/mol. The standard InChI is InChI=1S/C16H34N4O3/c1-7-17-15(19-13-14(21)23-16(2,3)4)18-9-11-20(5)10-8-12-22-6/h7-13H2,1-6H3,(H2,17,18,19). The lowest BCUT2D eigenvalue weighted by Crippen LogP contribution is -2.41. The second-order valence-electron chi connectivity index (χ2n) is 6.36. The van der Waals surface area contributed by atoms with Gasteiger partial charge in [-0.3, -0.25) is 4.79 Å². The minimum absolute atomic E-state index is 0.0102. The van der Waals surface area contributed by atoms with E-state index in [0.29, 0.717) is 5.96 Å². The zero-order valence-electron chi connectivity index (χ0n) is 15.6. The zero-order chi connectivity index (χ0) is 17.7. The first-order chi connectivity index (χ1) is 10.8. The first-order valence-corrected chi connectivity index (χ1v) is 8.20. The number of hydrogen-bond acceptors (Lipinski definition) is 5. The molecule has 0 aliphatic heterocycles. The molecule has 0 spiro atoms. The molecule has 0 rings (SSSR count). The molecule has 23 heavy (non-hydrogen) atoms. The van der Waals surface area contributed by atoms with Gasteiger partial charge in [0, 0.05) is 39.9 Å². The molecule has 0 aliphatic rings. The van der Waals surface area contributed by atoms with Gasteiger partial charge in [-0.1, -0.05) is 0 Å². The number of guanidine groups is 1. The van der Waals surface area contributed by atoms with Crippen LogP contribution in [0.5, 0.6) is 0 Å². The molecule has 0 fully saturated rings. The summed E-state index contributed by atoms with van der Waals surface area (Å²) in [6, 6.07) is 0. The first-order valence-electron chi connectivity index (χ1n) is 8.20. The van der Waals surface area contributed by atoms with E-state index in [4.69, 9.17) is 9.47 Å². The van der Waals surface area contributed by atoms with Crippen molar-refractivity contribution in [2.45, 2.75) is 39.7 Å². The van der Waals surface area contributed by atoms with Crippen LogP contribution in [0.3, 0.4) is 0 Å². The molecule has 0 amide bonds. The van der Waals surface area contributed by atoms with Crippen molar-refractivity contribution in [1.82, 2.24) is 15.5 Å². The number of rotatable bonds is 10. The number of likely N-dealkylation sites (N-methyl/N-ethyl adjacent to an activating group) is 1. The lowest BCUT2D eigenvalue weighted by atomic mass is 10.2. The second-order valence-corrected chi connectivity index (χ2v) is 6.36. The van der Waals surface area contributed by atoms with Gasteiger partial charge in [-0.2, -0.15) is 0 Å². The monoisotopic (exact) mass is 330 g/mol.